The number of carbonyl (C=O) groups excluding carboxylic acids is 1. The van der Waals surface area contributed by atoms with Crippen molar-refractivity contribution < 1.29 is 9.90 Å². The predicted octanol–water partition coefficient (Wildman–Crippen LogP) is -0.0258. The van der Waals surface area contributed by atoms with E-state index in [1.54, 1.807) is 28.7 Å². The van der Waals surface area contributed by atoms with Gasteiger partial charge in [-0.15, -0.1) is 11.3 Å². The lowest BCUT2D eigenvalue weighted by Crippen LogP contribution is -2.31. The third-order valence-electron chi connectivity index (χ3n) is 6.35. The second-order valence-corrected chi connectivity index (χ2v) is 10.1. The van der Waals surface area contributed by atoms with Gasteiger partial charge in [-0.3, -0.25) is 19.3 Å². The quantitative estimate of drug-likeness (QED) is 0.365. The minimum atomic E-state index is -0.418. The summed E-state index contributed by atoms with van der Waals surface area (Å²) in [6, 6.07) is 5.91. The van der Waals surface area contributed by atoms with E-state index in [0.29, 0.717) is 45.7 Å². The highest BCUT2D eigenvalue weighted by Crippen LogP contribution is 2.28. The van der Waals surface area contributed by atoms with E-state index in [2.05, 4.69) is 10.1 Å². The topological polar surface area (TPSA) is 147 Å². The Morgan fingerprint density at radius 3 is 2.86 bits per heavy atom. The first-order valence-electron chi connectivity index (χ1n) is 11.4. The number of likely N-dealkylation sites (tertiary alicyclic amines) is 1. The first-order valence-corrected chi connectivity index (χ1v) is 12.3. The number of nitrogens with two attached hydrogens (primary N) is 1. The van der Waals surface area contributed by atoms with Gasteiger partial charge in [-0.05, 0) is 37.5 Å². The standard InChI is InChI=1S/C23H24N8O3S/c1-29-16(21(32)28-23(29)34)8-12-10-25-31-19(26-14-2-3-14)9-15(27-20(12)31)17-4-5-18(35-17)22(33)30-7-6-13(24)11-30/h4-5,8-10,13-14,32H,2-3,6-7,11,24H2,1H3,(H,28,34). The van der Waals surface area contributed by atoms with Crippen molar-refractivity contribution in [2.75, 3.05) is 13.1 Å². The molecule has 4 aromatic rings. The number of carbonyl (C=O) groups is 1. The summed E-state index contributed by atoms with van der Waals surface area (Å²) in [6.45, 7) is 1.25. The third kappa shape index (κ3) is 3.94. The lowest BCUT2D eigenvalue weighted by atomic mass is 10.3. The summed E-state index contributed by atoms with van der Waals surface area (Å²) in [6.07, 6.45) is 6.18. The number of rotatable bonds is 4. The molecule has 1 atom stereocenters. The minimum absolute atomic E-state index is 0.0135. The van der Waals surface area contributed by atoms with Crippen LogP contribution in [-0.2, 0) is 7.05 Å². The van der Waals surface area contributed by atoms with Crippen molar-refractivity contribution in [2.45, 2.75) is 31.3 Å². The number of aromatic amines is 1. The molecule has 5 heterocycles. The molecule has 2 aliphatic rings. The molecule has 6 rings (SSSR count). The van der Waals surface area contributed by atoms with Gasteiger partial charge in [0, 0.05) is 37.5 Å². The number of hydrogen-bond acceptors (Lipinski definition) is 8. The molecule has 12 heteroatoms. The molecule has 180 valence electrons. The molecule has 35 heavy (non-hydrogen) atoms. The van der Waals surface area contributed by atoms with Gasteiger partial charge in [0.1, 0.15) is 5.69 Å². The molecule has 1 saturated heterocycles. The maximum atomic E-state index is 12.9. The van der Waals surface area contributed by atoms with E-state index < -0.39 is 5.69 Å². The summed E-state index contributed by atoms with van der Waals surface area (Å²) in [7, 11) is 1.57. The molecule has 0 spiro atoms. The van der Waals surface area contributed by atoms with E-state index in [-0.39, 0.29) is 23.9 Å². The Morgan fingerprint density at radius 2 is 2.17 bits per heavy atom. The van der Waals surface area contributed by atoms with E-state index in [1.165, 1.54) is 15.9 Å². The normalized spacial score (nSPS) is 19.4. The van der Waals surface area contributed by atoms with Crippen molar-refractivity contribution in [1.29, 1.82) is 0 Å². The van der Waals surface area contributed by atoms with Crippen LogP contribution in [0.4, 0.5) is 0 Å². The molecular weight excluding hydrogens is 468 g/mol. The van der Waals surface area contributed by atoms with Gasteiger partial charge in [0.25, 0.3) is 5.91 Å². The fourth-order valence-electron chi connectivity index (χ4n) is 4.22. The summed E-state index contributed by atoms with van der Waals surface area (Å²) in [5.41, 5.74) is 7.78. The maximum Gasteiger partial charge on any atom is 0.328 e. The highest BCUT2D eigenvalue weighted by molar-refractivity contribution is 7.17. The fraction of sp³-hybridized carbons (Fsp3) is 0.348. The monoisotopic (exact) mass is 492 g/mol. The Bertz CT molecular complexity index is 1640. The number of imidazole rings is 1. The molecule has 11 nitrogen and oxygen atoms in total. The second kappa shape index (κ2) is 8.17. The van der Waals surface area contributed by atoms with Crippen molar-refractivity contribution in [1.82, 2.24) is 29.0 Å². The van der Waals surface area contributed by atoms with Crippen molar-refractivity contribution in [3.8, 4) is 16.5 Å². The fourth-order valence-corrected chi connectivity index (χ4v) is 5.16. The van der Waals surface area contributed by atoms with Crippen LogP contribution in [0.3, 0.4) is 0 Å². The number of nitrogens with one attached hydrogen (secondary N) is 1. The van der Waals surface area contributed by atoms with Gasteiger partial charge in [0.05, 0.1) is 27.7 Å². The van der Waals surface area contributed by atoms with Gasteiger partial charge in [-0.2, -0.15) is 9.61 Å². The van der Waals surface area contributed by atoms with Crippen LogP contribution in [-0.4, -0.2) is 65.2 Å². The first-order chi connectivity index (χ1) is 16.9. The number of hydrogen-bond donors (Lipinski definition) is 3. The number of amides is 1. The highest BCUT2D eigenvalue weighted by Gasteiger charge is 2.26. The second-order valence-electron chi connectivity index (χ2n) is 9.03. The molecule has 0 bridgehead atoms. The number of nitrogens with zero attached hydrogens (tertiary/aromatic N) is 6. The Kier molecular flexibility index (Phi) is 5.07. The van der Waals surface area contributed by atoms with Gasteiger partial charge in [-0.25, -0.2) is 9.78 Å². The van der Waals surface area contributed by atoms with Crippen LogP contribution in [0.25, 0.3) is 22.3 Å². The van der Waals surface area contributed by atoms with Crippen LogP contribution < -0.4 is 22.1 Å². The van der Waals surface area contributed by atoms with Crippen molar-refractivity contribution in [3.05, 3.63) is 56.2 Å². The van der Waals surface area contributed by atoms with Gasteiger partial charge < -0.3 is 15.7 Å². The molecule has 1 amide bonds. The molecule has 1 saturated carbocycles. The highest BCUT2D eigenvalue weighted by atomic mass is 32.1. The van der Waals surface area contributed by atoms with Gasteiger partial charge in [0.15, 0.2) is 11.1 Å². The Labute approximate surface area is 202 Å². The van der Waals surface area contributed by atoms with E-state index in [0.717, 1.165) is 24.1 Å². The van der Waals surface area contributed by atoms with Crippen LogP contribution in [0.15, 0.2) is 34.2 Å². The minimum Gasteiger partial charge on any atom is -0.493 e. The lowest BCUT2D eigenvalue weighted by Gasteiger charge is -2.14. The Morgan fingerprint density at radius 1 is 1.34 bits per heavy atom. The average Bonchev–Trinajstić information content (AvgIpc) is 3.19. The zero-order valence-corrected chi connectivity index (χ0v) is 19.8. The van der Waals surface area contributed by atoms with E-state index >= 15 is 0 Å². The number of aromatic nitrogens is 5. The van der Waals surface area contributed by atoms with Crippen LogP contribution in [0.1, 0.15) is 34.6 Å². The van der Waals surface area contributed by atoms with E-state index in [9.17, 15) is 14.7 Å². The number of fused-ring (bicyclic) bond motifs is 1. The summed E-state index contributed by atoms with van der Waals surface area (Å²) in [5, 5.41) is 15.2. The molecule has 0 radical (unpaired) electrons. The molecular formula is C23H24N8O3S. The van der Waals surface area contributed by atoms with Crippen molar-refractivity contribution in [2.24, 2.45) is 17.8 Å². The molecule has 4 aromatic heterocycles. The smallest absolute Gasteiger partial charge is 0.328 e. The number of H-pyrrole nitrogens is 1. The van der Waals surface area contributed by atoms with Gasteiger partial charge in [-0.1, -0.05) is 0 Å². The third-order valence-corrected chi connectivity index (χ3v) is 7.45. The Hall–Kier alpha value is -3.77. The van der Waals surface area contributed by atoms with Crippen LogP contribution in [0.2, 0.25) is 0 Å². The summed E-state index contributed by atoms with van der Waals surface area (Å²) in [4.78, 5) is 40.1. The molecule has 1 aliphatic carbocycles. The zero-order valence-electron chi connectivity index (χ0n) is 19.0. The molecule has 2 fully saturated rings. The average molecular weight is 493 g/mol. The maximum absolute atomic E-state index is 12.9. The molecule has 1 unspecified atom stereocenters. The lowest BCUT2D eigenvalue weighted by molar-refractivity contribution is 0.0795. The number of thiophene rings is 1. The van der Waals surface area contributed by atoms with E-state index in [1.807, 2.05) is 18.2 Å². The predicted molar refractivity (Wildman–Crippen MR) is 130 cm³/mol. The number of aromatic hydroxyl groups is 1. The first kappa shape index (κ1) is 21.7. The zero-order chi connectivity index (χ0) is 24.3. The van der Waals surface area contributed by atoms with Crippen LogP contribution >= 0.6 is 11.3 Å². The molecule has 4 N–H and O–H groups in total. The summed E-state index contributed by atoms with van der Waals surface area (Å²) < 4.78 is 2.99. The van der Waals surface area contributed by atoms with E-state index in [4.69, 9.17) is 15.7 Å². The Balaban J connectivity index is 1.47. The molecule has 0 aromatic carbocycles. The van der Waals surface area contributed by atoms with Crippen LogP contribution in [0, 0.1) is 0 Å². The largest absolute Gasteiger partial charge is 0.493 e. The summed E-state index contributed by atoms with van der Waals surface area (Å²) >= 11 is 1.39. The van der Waals surface area contributed by atoms with Gasteiger partial charge >= 0.3 is 5.69 Å². The van der Waals surface area contributed by atoms with Crippen LogP contribution in [0.5, 0.6) is 5.88 Å². The molecule has 1 aliphatic heterocycles. The van der Waals surface area contributed by atoms with Crippen molar-refractivity contribution >= 4 is 29.0 Å². The van der Waals surface area contributed by atoms with Gasteiger partial charge in [0.2, 0.25) is 5.88 Å². The van der Waals surface area contributed by atoms with Crippen molar-refractivity contribution in [3.63, 3.8) is 0 Å². The SMILES string of the molecule is Cn1c(C=c2cnn3c(=NC4CC4)cc(-c4ccc(C(=O)N5CCC(N)C5)s4)nc23)c(O)[nH]c1=O. The summed E-state index contributed by atoms with van der Waals surface area (Å²) in [5.74, 6) is -0.237.